The Balaban J connectivity index is 1.75. The molecule has 0 spiro atoms. The lowest BCUT2D eigenvalue weighted by Gasteiger charge is -2.12. The highest BCUT2D eigenvalue weighted by atomic mass is 16.6. The standard InChI is InChI=1S/C29H49NO11/c1-33-11-12-35-15-16-37-19-20-39-23-24-40-22-21-38-18-17-36-14-13-34-10-9-30-29(32)8-7-28(25-31)41-26-27-5-3-2-4-6-27/h2-6,25,28H,7-24,26H2,1H3,(H,30,32). The quantitative estimate of drug-likeness (QED) is 0.100. The first-order chi connectivity index (χ1) is 20.3. The molecule has 1 rings (SSSR count). The Hall–Kier alpha value is -2.00. The molecule has 0 aliphatic heterocycles. The van der Waals surface area contributed by atoms with Crippen LogP contribution in [0.15, 0.2) is 30.3 Å². The summed E-state index contributed by atoms with van der Waals surface area (Å²) in [5.41, 5.74) is 0.982. The molecule has 1 aromatic carbocycles. The van der Waals surface area contributed by atoms with Gasteiger partial charge in [-0.1, -0.05) is 30.3 Å². The van der Waals surface area contributed by atoms with Crippen molar-refractivity contribution in [1.82, 2.24) is 5.32 Å². The highest BCUT2D eigenvalue weighted by Gasteiger charge is 2.11. The minimum Gasteiger partial charge on any atom is -0.382 e. The normalized spacial score (nSPS) is 11.9. The van der Waals surface area contributed by atoms with Crippen molar-refractivity contribution < 1.29 is 52.2 Å². The molecule has 1 amide bonds. The summed E-state index contributed by atoms with van der Waals surface area (Å²) >= 11 is 0. The maximum absolute atomic E-state index is 12.0. The summed E-state index contributed by atoms with van der Waals surface area (Å²) < 4.78 is 48.3. The van der Waals surface area contributed by atoms with E-state index in [-0.39, 0.29) is 12.3 Å². The van der Waals surface area contributed by atoms with Gasteiger partial charge < -0.3 is 52.7 Å². The predicted octanol–water partition coefficient (Wildman–Crippen LogP) is 1.43. The molecule has 0 radical (unpaired) electrons. The number of amides is 1. The average Bonchev–Trinajstić information content (AvgIpc) is 3.00. The molecule has 0 bridgehead atoms. The average molecular weight is 588 g/mol. The van der Waals surface area contributed by atoms with Crippen LogP contribution < -0.4 is 5.32 Å². The van der Waals surface area contributed by atoms with Gasteiger partial charge in [0.2, 0.25) is 5.91 Å². The van der Waals surface area contributed by atoms with Crippen molar-refractivity contribution in [3.05, 3.63) is 35.9 Å². The van der Waals surface area contributed by atoms with E-state index in [0.29, 0.717) is 119 Å². The van der Waals surface area contributed by atoms with Gasteiger partial charge in [-0.05, 0) is 12.0 Å². The summed E-state index contributed by atoms with van der Waals surface area (Å²) in [7, 11) is 1.64. The first kappa shape index (κ1) is 37.0. The number of hydrogen-bond acceptors (Lipinski definition) is 11. The monoisotopic (exact) mass is 587 g/mol. The summed E-state index contributed by atoms with van der Waals surface area (Å²) in [6.45, 7) is 8.17. The van der Waals surface area contributed by atoms with E-state index in [9.17, 15) is 9.59 Å². The number of ether oxygens (including phenoxy) is 9. The summed E-state index contributed by atoms with van der Waals surface area (Å²) in [6.07, 6.45) is 0.676. The van der Waals surface area contributed by atoms with Crippen molar-refractivity contribution in [3.63, 3.8) is 0 Å². The van der Waals surface area contributed by atoms with Crippen LogP contribution in [0, 0.1) is 0 Å². The summed E-state index contributed by atoms with van der Waals surface area (Å²) in [4.78, 5) is 23.2. The minimum absolute atomic E-state index is 0.144. The maximum atomic E-state index is 12.0. The molecular weight excluding hydrogens is 538 g/mol. The number of nitrogens with one attached hydrogen (secondary N) is 1. The van der Waals surface area contributed by atoms with Crippen molar-refractivity contribution >= 4 is 12.2 Å². The Labute approximate surface area is 244 Å². The lowest BCUT2D eigenvalue weighted by atomic mass is 10.2. The van der Waals surface area contributed by atoms with Crippen LogP contribution >= 0.6 is 0 Å². The molecule has 0 aliphatic carbocycles. The van der Waals surface area contributed by atoms with Gasteiger partial charge in [-0.15, -0.1) is 0 Å². The summed E-state index contributed by atoms with van der Waals surface area (Å²) in [5.74, 6) is -0.144. The second-order valence-corrected chi connectivity index (χ2v) is 8.64. The molecule has 0 fully saturated rings. The zero-order valence-electron chi connectivity index (χ0n) is 24.5. The highest BCUT2D eigenvalue weighted by Crippen LogP contribution is 2.06. The second kappa shape index (κ2) is 29.5. The SMILES string of the molecule is COCCOCCOCCOCCOCCOCCOCCOCCNC(=O)CCC(C=O)OCc1ccccc1. The van der Waals surface area contributed by atoms with Crippen molar-refractivity contribution in [2.24, 2.45) is 0 Å². The number of rotatable bonds is 31. The number of methoxy groups -OCH3 is 1. The first-order valence-electron chi connectivity index (χ1n) is 14.2. The molecule has 1 atom stereocenters. The fraction of sp³-hybridized carbons (Fsp3) is 0.724. The fourth-order valence-corrected chi connectivity index (χ4v) is 3.16. The van der Waals surface area contributed by atoms with Crippen LogP contribution in [0.3, 0.4) is 0 Å². The predicted molar refractivity (Wildman–Crippen MR) is 151 cm³/mol. The zero-order chi connectivity index (χ0) is 29.5. The first-order valence-corrected chi connectivity index (χ1v) is 14.2. The molecule has 1 aromatic rings. The van der Waals surface area contributed by atoms with Gasteiger partial charge in [-0.2, -0.15) is 0 Å². The van der Waals surface area contributed by atoms with Crippen LogP contribution in [0.2, 0.25) is 0 Å². The Morgan fingerprint density at radius 3 is 1.56 bits per heavy atom. The van der Waals surface area contributed by atoms with Crippen molar-refractivity contribution in [2.75, 3.05) is 113 Å². The maximum Gasteiger partial charge on any atom is 0.220 e. The van der Waals surface area contributed by atoms with E-state index in [2.05, 4.69) is 5.32 Å². The van der Waals surface area contributed by atoms with Gasteiger partial charge in [0.05, 0.1) is 106 Å². The van der Waals surface area contributed by atoms with E-state index in [1.54, 1.807) is 7.11 Å². The molecular formula is C29H49NO11. The van der Waals surface area contributed by atoms with Crippen molar-refractivity contribution in [3.8, 4) is 0 Å². The molecule has 0 heterocycles. The lowest BCUT2D eigenvalue weighted by Crippen LogP contribution is -2.29. The van der Waals surface area contributed by atoms with E-state index < -0.39 is 6.10 Å². The highest BCUT2D eigenvalue weighted by molar-refractivity contribution is 5.76. The van der Waals surface area contributed by atoms with E-state index in [1.165, 1.54) is 0 Å². The van der Waals surface area contributed by atoms with Gasteiger partial charge in [0.25, 0.3) is 0 Å². The van der Waals surface area contributed by atoms with E-state index in [4.69, 9.17) is 42.6 Å². The Morgan fingerprint density at radius 2 is 1.12 bits per heavy atom. The van der Waals surface area contributed by atoms with Gasteiger partial charge in [0.15, 0.2) is 0 Å². The topological polar surface area (TPSA) is 129 Å². The Bertz CT molecular complexity index is 711. The Kier molecular flexibility index (Phi) is 26.6. The smallest absolute Gasteiger partial charge is 0.220 e. The number of carbonyl (C=O) groups is 2. The molecule has 1 unspecified atom stereocenters. The van der Waals surface area contributed by atoms with Crippen LogP contribution in [0.4, 0.5) is 0 Å². The van der Waals surface area contributed by atoms with Crippen molar-refractivity contribution in [1.29, 1.82) is 0 Å². The van der Waals surface area contributed by atoms with Gasteiger partial charge in [0, 0.05) is 20.1 Å². The molecule has 236 valence electrons. The van der Waals surface area contributed by atoms with Crippen molar-refractivity contribution in [2.45, 2.75) is 25.6 Å². The molecule has 12 heteroatoms. The van der Waals surface area contributed by atoms with Gasteiger partial charge in [0.1, 0.15) is 12.4 Å². The van der Waals surface area contributed by atoms with Crippen LogP contribution in [-0.4, -0.2) is 131 Å². The van der Waals surface area contributed by atoms with Gasteiger partial charge >= 0.3 is 0 Å². The molecule has 12 nitrogen and oxygen atoms in total. The number of hydrogen-bond donors (Lipinski definition) is 1. The Morgan fingerprint density at radius 1 is 0.683 bits per heavy atom. The molecule has 1 N–H and O–H groups in total. The van der Waals surface area contributed by atoms with E-state index in [0.717, 1.165) is 11.8 Å². The largest absolute Gasteiger partial charge is 0.382 e. The third-order valence-corrected chi connectivity index (χ3v) is 5.35. The lowest BCUT2D eigenvalue weighted by molar-refractivity contribution is -0.124. The van der Waals surface area contributed by atoms with E-state index in [1.807, 2.05) is 30.3 Å². The number of aldehydes is 1. The summed E-state index contributed by atoms with van der Waals surface area (Å²) in [5, 5.41) is 2.77. The molecule has 0 saturated carbocycles. The van der Waals surface area contributed by atoms with Gasteiger partial charge in [-0.25, -0.2) is 0 Å². The van der Waals surface area contributed by atoms with Gasteiger partial charge in [-0.3, -0.25) is 4.79 Å². The molecule has 0 saturated heterocycles. The third kappa shape index (κ3) is 25.4. The van der Waals surface area contributed by atoms with Crippen LogP contribution in [0.25, 0.3) is 0 Å². The molecule has 0 aromatic heterocycles. The summed E-state index contributed by atoms with van der Waals surface area (Å²) in [6, 6.07) is 9.59. The zero-order valence-corrected chi connectivity index (χ0v) is 24.5. The molecule has 0 aliphatic rings. The minimum atomic E-state index is -0.607. The number of benzene rings is 1. The van der Waals surface area contributed by atoms with Crippen LogP contribution in [0.5, 0.6) is 0 Å². The molecule has 41 heavy (non-hydrogen) atoms. The second-order valence-electron chi connectivity index (χ2n) is 8.64. The van der Waals surface area contributed by atoms with Crippen LogP contribution in [-0.2, 0) is 58.8 Å². The van der Waals surface area contributed by atoms with Crippen LogP contribution in [0.1, 0.15) is 18.4 Å². The third-order valence-electron chi connectivity index (χ3n) is 5.35. The number of carbonyl (C=O) groups excluding carboxylic acids is 2. The fourth-order valence-electron chi connectivity index (χ4n) is 3.16. The van der Waals surface area contributed by atoms with E-state index >= 15 is 0 Å².